The van der Waals surface area contributed by atoms with E-state index in [1.807, 2.05) is 6.92 Å². The van der Waals surface area contributed by atoms with Gasteiger partial charge in [0.1, 0.15) is 0 Å². The molecule has 1 nitrogen and oxygen atoms in total. The highest BCUT2D eigenvalue weighted by Gasteiger charge is 2.41. The summed E-state index contributed by atoms with van der Waals surface area (Å²) < 4.78 is 50.9. The van der Waals surface area contributed by atoms with Crippen LogP contribution in [0.15, 0.2) is 0 Å². The summed E-state index contributed by atoms with van der Waals surface area (Å²) in [5.41, 5.74) is 0. The maximum Gasteiger partial charge on any atom is 0.416 e. The number of thioether (sulfide) groups is 1. The summed E-state index contributed by atoms with van der Waals surface area (Å²) in [7, 11) is 0. The van der Waals surface area contributed by atoms with Gasteiger partial charge in [-0.25, -0.2) is 8.78 Å². The fraction of sp³-hybridized carbons (Fsp3) is 1.00. The normalized spacial score (nSPS) is 12.5. The molecular formula is C7H12F4OS. The van der Waals surface area contributed by atoms with Crippen molar-refractivity contribution in [2.75, 3.05) is 18.1 Å². The molecule has 0 unspecified atom stereocenters. The molecule has 0 spiro atoms. The first-order valence-corrected chi connectivity index (χ1v) is 5.04. The van der Waals surface area contributed by atoms with E-state index in [1.165, 1.54) is 11.8 Å². The lowest BCUT2D eigenvalue weighted by Gasteiger charge is -2.14. The largest absolute Gasteiger partial charge is 0.416 e. The second-order valence-corrected chi connectivity index (χ2v) is 3.55. The molecule has 0 saturated heterocycles. The smallest absolute Gasteiger partial charge is 0.315 e. The molecule has 13 heavy (non-hydrogen) atoms. The molecule has 0 N–H and O–H groups in total. The molecule has 0 aliphatic heterocycles. The Balaban J connectivity index is 3.41. The van der Waals surface area contributed by atoms with Gasteiger partial charge in [0.05, 0.1) is 6.61 Å². The zero-order valence-electron chi connectivity index (χ0n) is 7.23. The Hall–Kier alpha value is 0.0300. The molecule has 0 heterocycles. The van der Waals surface area contributed by atoms with Gasteiger partial charge in [0, 0.05) is 5.75 Å². The van der Waals surface area contributed by atoms with Gasteiger partial charge in [0.15, 0.2) is 0 Å². The molecule has 0 amide bonds. The number of halogens is 4. The van der Waals surface area contributed by atoms with Crippen LogP contribution in [-0.4, -0.2) is 30.6 Å². The van der Waals surface area contributed by atoms with Crippen molar-refractivity contribution >= 4 is 11.8 Å². The van der Waals surface area contributed by atoms with Gasteiger partial charge in [-0.15, -0.1) is 0 Å². The van der Waals surface area contributed by atoms with Crippen molar-refractivity contribution in [1.82, 2.24) is 0 Å². The van der Waals surface area contributed by atoms with Crippen molar-refractivity contribution in [2.24, 2.45) is 0 Å². The third-order valence-electron chi connectivity index (χ3n) is 1.12. The Morgan fingerprint density at radius 3 is 2.38 bits per heavy atom. The zero-order valence-corrected chi connectivity index (χ0v) is 8.05. The van der Waals surface area contributed by atoms with Gasteiger partial charge in [-0.1, -0.05) is 6.92 Å². The Labute approximate surface area is 78.8 Å². The number of rotatable bonds is 7. The number of hydrogen-bond donors (Lipinski definition) is 0. The Bertz CT molecular complexity index is 132. The van der Waals surface area contributed by atoms with Gasteiger partial charge >= 0.3 is 12.5 Å². The molecule has 0 aromatic rings. The van der Waals surface area contributed by atoms with Crippen LogP contribution in [0.1, 0.15) is 13.3 Å². The first-order valence-electron chi connectivity index (χ1n) is 3.88. The van der Waals surface area contributed by atoms with Crippen molar-refractivity contribution in [3.05, 3.63) is 0 Å². The maximum absolute atomic E-state index is 12.1. The lowest BCUT2D eigenvalue weighted by Crippen LogP contribution is -2.30. The first-order chi connectivity index (χ1) is 6.00. The summed E-state index contributed by atoms with van der Waals surface area (Å²) in [4.78, 5) is 0. The molecule has 0 saturated carbocycles. The van der Waals surface area contributed by atoms with E-state index in [0.717, 1.165) is 12.2 Å². The van der Waals surface area contributed by atoms with Crippen LogP contribution in [-0.2, 0) is 4.74 Å². The fourth-order valence-corrected chi connectivity index (χ4v) is 1.24. The third kappa shape index (κ3) is 6.15. The molecule has 0 rings (SSSR count). The Kier molecular flexibility index (Phi) is 6.49. The second-order valence-electron chi connectivity index (χ2n) is 2.32. The monoisotopic (exact) mass is 220 g/mol. The Morgan fingerprint density at radius 2 is 1.92 bits per heavy atom. The van der Waals surface area contributed by atoms with E-state index in [4.69, 9.17) is 0 Å². The van der Waals surface area contributed by atoms with Gasteiger partial charge < -0.3 is 4.74 Å². The van der Waals surface area contributed by atoms with Crippen LogP contribution in [0.3, 0.4) is 0 Å². The van der Waals surface area contributed by atoms with Crippen molar-refractivity contribution in [1.29, 1.82) is 0 Å². The molecule has 0 fully saturated rings. The minimum Gasteiger partial charge on any atom is -0.315 e. The summed E-state index contributed by atoms with van der Waals surface area (Å²) in [6.07, 6.45) is -7.12. The molecule has 0 aliphatic rings. The number of ether oxygens (including phenoxy) is 1. The first kappa shape index (κ1) is 13.0. The van der Waals surface area contributed by atoms with Crippen molar-refractivity contribution < 1.29 is 22.3 Å². The molecule has 80 valence electrons. The average Bonchev–Trinajstić information content (AvgIpc) is 2.03. The van der Waals surface area contributed by atoms with Crippen LogP contribution >= 0.6 is 11.8 Å². The highest BCUT2D eigenvalue weighted by molar-refractivity contribution is 7.99. The lowest BCUT2D eigenvalue weighted by molar-refractivity contribution is -0.297. The standard InChI is InChI=1S/C7H12F4OS/c1-2-4-13-5-3-12-7(10,11)6(8)9/h6H,2-5H2,1H3. The maximum atomic E-state index is 12.1. The quantitative estimate of drug-likeness (QED) is 0.482. The van der Waals surface area contributed by atoms with Gasteiger partial charge in [-0.3, -0.25) is 0 Å². The molecule has 0 aromatic carbocycles. The predicted molar refractivity (Wildman–Crippen MR) is 44.5 cm³/mol. The summed E-state index contributed by atoms with van der Waals surface area (Å²) in [5.74, 6) is 1.14. The van der Waals surface area contributed by atoms with E-state index in [2.05, 4.69) is 4.74 Å². The molecule has 0 radical (unpaired) electrons. The van der Waals surface area contributed by atoms with E-state index < -0.39 is 12.5 Å². The topological polar surface area (TPSA) is 9.23 Å². The molecule has 0 atom stereocenters. The van der Waals surface area contributed by atoms with E-state index in [1.54, 1.807) is 0 Å². The molecule has 0 aromatic heterocycles. The predicted octanol–water partition coefficient (Wildman–Crippen LogP) is 3.00. The SMILES string of the molecule is CCCSCCOC(F)(F)C(F)F. The fourth-order valence-electron chi connectivity index (χ4n) is 0.546. The van der Waals surface area contributed by atoms with E-state index in [-0.39, 0.29) is 6.61 Å². The number of hydrogen-bond acceptors (Lipinski definition) is 2. The van der Waals surface area contributed by atoms with Crippen LogP contribution < -0.4 is 0 Å². The molecular weight excluding hydrogens is 208 g/mol. The molecule has 6 heteroatoms. The van der Waals surface area contributed by atoms with Gasteiger partial charge in [0.25, 0.3) is 0 Å². The van der Waals surface area contributed by atoms with Crippen LogP contribution in [0.5, 0.6) is 0 Å². The van der Waals surface area contributed by atoms with E-state index in [9.17, 15) is 17.6 Å². The minimum atomic E-state index is -4.30. The second kappa shape index (κ2) is 6.48. The summed E-state index contributed by atoms with van der Waals surface area (Å²) in [5, 5.41) is 0. The summed E-state index contributed by atoms with van der Waals surface area (Å²) in [6.45, 7) is 1.60. The third-order valence-corrected chi connectivity index (χ3v) is 2.28. The minimum absolute atomic E-state index is 0.316. The van der Waals surface area contributed by atoms with Gasteiger partial charge in [-0.2, -0.15) is 20.5 Å². The summed E-state index contributed by atoms with van der Waals surface area (Å²) >= 11 is 1.40. The molecule has 0 aliphatic carbocycles. The van der Waals surface area contributed by atoms with Crippen LogP contribution in [0.2, 0.25) is 0 Å². The van der Waals surface area contributed by atoms with Gasteiger partial charge in [0.2, 0.25) is 0 Å². The van der Waals surface area contributed by atoms with Crippen molar-refractivity contribution in [3.63, 3.8) is 0 Å². The van der Waals surface area contributed by atoms with Crippen LogP contribution in [0.25, 0.3) is 0 Å². The zero-order chi connectivity index (χ0) is 10.3. The van der Waals surface area contributed by atoms with Crippen molar-refractivity contribution in [3.8, 4) is 0 Å². The van der Waals surface area contributed by atoms with Gasteiger partial charge in [-0.05, 0) is 12.2 Å². The lowest BCUT2D eigenvalue weighted by atomic mass is 10.6. The van der Waals surface area contributed by atoms with Crippen molar-refractivity contribution in [2.45, 2.75) is 25.9 Å². The van der Waals surface area contributed by atoms with E-state index in [0.29, 0.717) is 5.75 Å². The van der Waals surface area contributed by atoms with E-state index >= 15 is 0 Å². The molecule has 0 bridgehead atoms. The Morgan fingerprint density at radius 1 is 1.31 bits per heavy atom. The average molecular weight is 220 g/mol. The number of alkyl halides is 4. The van der Waals surface area contributed by atoms with Crippen LogP contribution in [0.4, 0.5) is 17.6 Å². The summed E-state index contributed by atoms with van der Waals surface area (Å²) in [6, 6.07) is 0. The van der Waals surface area contributed by atoms with Crippen LogP contribution in [0, 0.1) is 0 Å². The highest BCUT2D eigenvalue weighted by Crippen LogP contribution is 2.24. The highest BCUT2D eigenvalue weighted by atomic mass is 32.2.